The first-order valence-electron chi connectivity index (χ1n) is 9.66. The lowest BCUT2D eigenvalue weighted by Crippen LogP contribution is -2.18. The molecular weight excluding hydrogens is 430 g/mol. The number of nitrogen functional groups attached to an aromatic ring is 1. The van der Waals surface area contributed by atoms with Crippen LogP contribution in [0.1, 0.15) is 26.5 Å². The molecule has 0 aliphatic rings. The molecule has 0 spiro atoms. The lowest BCUT2D eigenvalue weighted by molar-refractivity contribution is -0.113. The summed E-state index contributed by atoms with van der Waals surface area (Å²) in [4.78, 5) is 13.6. The molecule has 3 N–H and O–H groups in total. The van der Waals surface area contributed by atoms with Crippen LogP contribution in [0.4, 0.5) is 5.82 Å². The number of nitrogens with two attached hydrogens (primary N) is 1. The summed E-state index contributed by atoms with van der Waals surface area (Å²) < 4.78 is 3.17. The van der Waals surface area contributed by atoms with Crippen LogP contribution in [-0.4, -0.2) is 36.3 Å². The van der Waals surface area contributed by atoms with Crippen LogP contribution in [-0.2, 0) is 10.2 Å². The third kappa shape index (κ3) is 4.64. The van der Waals surface area contributed by atoms with Gasteiger partial charge in [0.05, 0.1) is 22.0 Å². The Hall–Kier alpha value is -3.11. The summed E-state index contributed by atoms with van der Waals surface area (Å²) in [5.41, 5.74) is 1.62. The van der Waals surface area contributed by atoms with E-state index >= 15 is 0 Å². The quantitative estimate of drug-likeness (QED) is 0.339. The lowest BCUT2D eigenvalue weighted by Gasteiger charge is -2.14. The molecule has 1 amide bonds. The maximum Gasteiger partial charge on any atom is 0.236 e. The Morgan fingerprint density at radius 3 is 2.61 bits per heavy atom. The minimum absolute atomic E-state index is 0.143. The summed E-state index contributed by atoms with van der Waals surface area (Å²) in [5.74, 6) is 7.28. The van der Waals surface area contributed by atoms with Crippen LogP contribution >= 0.6 is 23.1 Å². The fourth-order valence-corrected chi connectivity index (χ4v) is 4.22. The molecule has 160 valence electrons. The first-order valence-corrected chi connectivity index (χ1v) is 11.5. The van der Waals surface area contributed by atoms with E-state index < -0.39 is 0 Å². The van der Waals surface area contributed by atoms with Crippen molar-refractivity contribution >= 4 is 34.8 Å². The largest absolute Gasteiger partial charge is 0.335 e. The summed E-state index contributed by atoms with van der Waals surface area (Å²) >= 11 is 2.77. The zero-order chi connectivity index (χ0) is 22.0. The van der Waals surface area contributed by atoms with Gasteiger partial charge < -0.3 is 11.2 Å². The molecule has 10 heteroatoms. The van der Waals surface area contributed by atoms with Gasteiger partial charge in [0.2, 0.25) is 11.1 Å². The summed E-state index contributed by atoms with van der Waals surface area (Å²) in [6, 6.07) is 15.5. The van der Waals surface area contributed by atoms with E-state index in [1.165, 1.54) is 27.8 Å². The van der Waals surface area contributed by atoms with Crippen LogP contribution < -0.4 is 11.2 Å². The van der Waals surface area contributed by atoms with Crippen LogP contribution in [0.25, 0.3) is 16.4 Å². The van der Waals surface area contributed by atoms with Crippen LogP contribution in [0.3, 0.4) is 0 Å². The van der Waals surface area contributed by atoms with Gasteiger partial charge in [-0.15, -0.1) is 21.5 Å². The molecule has 31 heavy (non-hydrogen) atoms. The number of para-hydroxylation sites is 1. The highest BCUT2D eigenvalue weighted by Crippen LogP contribution is 2.27. The number of thioether (sulfide) groups is 1. The Kier molecular flexibility index (Phi) is 5.84. The predicted molar refractivity (Wildman–Crippen MR) is 125 cm³/mol. The summed E-state index contributed by atoms with van der Waals surface area (Å²) in [6.07, 6.45) is 0. The van der Waals surface area contributed by atoms with E-state index in [0.717, 1.165) is 16.3 Å². The van der Waals surface area contributed by atoms with Crippen molar-refractivity contribution in [1.82, 2.24) is 24.7 Å². The first-order chi connectivity index (χ1) is 14.8. The number of carbonyl (C=O) groups is 1. The van der Waals surface area contributed by atoms with Gasteiger partial charge in [0, 0.05) is 11.5 Å². The fraction of sp³-hybridized carbons (Fsp3) is 0.238. The number of hydrogen-bond acceptors (Lipinski definition) is 7. The monoisotopic (exact) mass is 453 g/mol. The molecule has 0 atom stereocenters. The molecule has 4 aromatic rings. The van der Waals surface area contributed by atoms with Crippen LogP contribution in [0.15, 0.2) is 59.1 Å². The number of nitrogens with zero attached hydrogens (tertiary/aromatic N) is 5. The van der Waals surface area contributed by atoms with Gasteiger partial charge in [0.1, 0.15) is 5.82 Å². The highest BCUT2D eigenvalue weighted by molar-refractivity contribution is 7.99. The van der Waals surface area contributed by atoms with Gasteiger partial charge in [-0.05, 0) is 23.6 Å². The normalized spacial score (nSPS) is 11.6. The number of amides is 1. The number of benzene rings is 1. The molecule has 0 saturated heterocycles. The van der Waals surface area contributed by atoms with Crippen molar-refractivity contribution in [2.75, 3.05) is 16.9 Å². The number of nitrogens with one attached hydrogen (secondary N) is 1. The average Bonchev–Trinajstić information content (AvgIpc) is 3.47. The van der Waals surface area contributed by atoms with E-state index in [1.54, 1.807) is 4.68 Å². The Labute approximate surface area is 188 Å². The molecule has 0 fully saturated rings. The molecule has 4 rings (SSSR count). The van der Waals surface area contributed by atoms with Gasteiger partial charge in [0.15, 0.2) is 5.82 Å². The minimum atomic E-state index is -0.178. The average molecular weight is 454 g/mol. The number of rotatable bonds is 6. The Morgan fingerprint density at radius 2 is 1.94 bits per heavy atom. The number of thiophene rings is 1. The van der Waals surface area contributed by atoms with Crippen LogP contribution in [0.5, 0.6) is 0 Å². The van der Waals surface area contributed by atoms with Gasteiger partial charge >= 0.3 is 0 Å². The number of carbonyl (C=O) groups excluding carboxylic acids is 1. The van der Waals surface area contributed by atoms with E-state index in [9.17, 15) is 4.79 Å². The lowest BCUT2D eigenvalue weighted by atomic mass is 9.92. The molecule has 0 radical (unpaired) electrons. The van der Waals surface area contributed by atoms with Crippen LogP contribution in [0.2, 0.25) is 0 Å². The Morgan fingerprint density at radius 1 is 1.16 bits per heavy atom. The van der Waals surface area contributed by atoms with Crippen molar-refractivity contribution in [2.45, 2.75) is 31.3 Å². The van der Waals surface area contributed by atoms with Crippen molar-refractivity contribution in [2.24, 2.45) is 0 Å². The van der Waals surface area contributed by atoms with E-state index in [4.69, 9.17) is 10.9 Å². The first kappa shape index (κ1) is 21.1. The molecule has 0 bridgehead atoms. The molecule has 0 aliphatic heterocycles. The zero-order valence-electron chi connectivity index (χ0n) is 17.4. The van der Waals surface area contributed by atoms with E-state index in [-0.39, 0.29) is 17.1 Å². The molecule has 1 aromatic carbocycles. The Bertz CT molecular complexity index is 1170. The standard InChI is InChI=1S/C21H23N7OS2/c1-21(2,3)16-12-17(28(26-16)14-8-5-4-6-9-14)23-18(29)13-31-20-25-24-19(27(20)22)15-10-7-11-30-15/h4-12H,13,22H2,1-3H3,(H,23,29). The summed E-state index contributed by atoms with van der Waals surface area (Å²) in [6.45, 7) is 6.27. The number of aromatic nitrogens is 5. The summed E-state index contributed by atoms with van der Waals surface area (Å²) in [5, 5.41) is 18.4. The topological polar surface area (TPSA) is 104 Å². The van der Waals surface area contributed by atoms with Crippen molar-refractivity contribution in [1.29, 1.82) is 0 Å². The smallest absolute Gasteiger partial charge is 0.236 e. The van der Waals surface area contributed by atoms with Gasteiger partial charge in [-0.3, -0.25) is 4.79 Å². The highest BCUT2D eigenvalue weighted by Gasteiger charge is 2.22. The maximum atomic E-state index is 12.7. The van der Waals surface area contributed by atoms with Crippen molar-refractivity contribution in [3.63, 3.8) is 0 Å². The van der Waals surface area contributed by atoms with E-state index in [2.05, 4.69) is 36.3 Å². The molecular formula is C21H23N7OS2. The number of anilines is 1. The minimum Gasteiger partial charge on any atom is -0.335 e. The van der Waals surface area contributed by atoms with Gasteiger partial charge in [-0.25, -0.2) is 9.36 Å². The molecule has 0 saturated carbocycles. The second kappa shape index (κ2) is 8.56. The third-order valence-corrected chi connectivity index (χ3v) is 6.29. The fourth-order valence-electron chi connectivity index (χ4n) is 2.86. The molecule has 3 heterocycles. The van der Waals surface area contributed by atoms with Gasteiger partial charge in [-0.1, -0.05) is 56.8 Å². The molecule has 0 unspecified atom stereocenters. The van der Waals surface area contributed by atoms with Gasteiger partial charge in [-0.2, -0.15) is 5.10 Å². The molecule has 8 nitrogen and oxygen atoms in total. The molecule has 3 aromatic heterocycles. The van der Waals surface area contributed by atoms with Gasteiger partial charge in [0.25, 0.3) is 0 Å². The second-order valence-electron chi connectivity index (χ2n) is 7.90. The zero-order valence-corrected chi connectivity index (χ0v) is 19.1. The van der Waals surface area contributed by atoms with Crippen molar-refractivity contribution in [3.05, 3.63) is 59.6 Å². The third-order valence-electron chi connectivity index (χ3n) is 4.48. The van der Waals surface area contributed by atoms with Crippen molar-refractivity contribution < 1.29 is 4.79 Å². The van der Waals surface area contributed by atoms with E-state index in [0.29, 0.717) is 16.8 Å². The SMILES string of the molecule is CC(C)(C)c1cc(NC(=O)CSc2nnc(-c3cccs3)n2N)n(-c2ccccc2)n1. The molecule has 0 aliphatic carbocycles. The predicted octanol–water partition coefficient (Wildman–Crippen LogP) is 3.93. The maximum absolute atomic E-state index is 12.7. The summed E-state index contributed by atoms with van der Waals surface area (Å²) in [7, 11) is 0. The second-order valence-corrected chi connectivity index (χ2v) is 9.79. The van der Waals surface area contributed by atoms with Crippen molar-refractivity contribution in [3.8, 4) is 16.4 Å². The number of hydrogen-bond donors (Lipinski definition) is 2. The Balaban J connectivity index is 1.49. The van der Waals surface area contributed by atoms with Crippen LogP contribution in [0, 0.1) is 0 Å². The van der Waals surface area contributed by atoms with E-state index in [1.807, 2.05) is 53.9 Å². The highest BCUT2D eigenvalue weighted by atomic mass is 32.2.